The molecule has 3 rings (SSSR count). The van der Waals surface area contributed by atoms with Gasteiger partial charge in [0.05, 0.1) is 5.69 Å². The lowest BCUT2D eigenvalue weighted by Crippen LogP contribution is -2.28. The van der Waals surface area contributed by atoms with Crippen molar-refractivity contribution in [2.45, 2.75) is 26.4 Å². The van der Waals surface area contributed by atoms with E-state index in [0.29, 0.717) is 19.5 Å². The van der Waals surface area contributed by atoms with Gasteiger partial charge in [-0.15, -0.1) is 0 Å². The molecular weight excluding hydrogens is 388 g/mol. The summed E-state index contributed by atoms with van der Waals surface area (Å²) in [7, 11) is 0. The minimum Gasteiger partial charge on any atom is -0.477 e. The summed E-state index contributed by atoms with van der Waals surface area (Å²) >= 11 is 0. The van der Waals surface area contributed by atoms with E-state index in [1.807, 2.05) is 37.3 Å². The number of nitrogens with zero attached hydrogens (tertiary/aromatic N) is 4. The Hall–Kier alpha value is -3.95. The number of anilines is 1. The monoisotopic (exact) mass is 410 g/mol. The van der Waals surface area contributed by atoms with Crippen molar-refractivity contribution in [1.29, 1.82) is 0 Å². The Balaban J connectivity index is 1.65. The van der Waals surface area contributed by atoms with E-state index in [9.17, 15) is 14.4 Å². The lowest BCUT2D eigenvalue weighted by molar-refractivity contribution is -0.116. The zero-order valence-electron chi connectivity index (χ0n) is 16.4. The molecule has 0 atom stereocenters. The molecule has 3 N–H and O–H groups in total. The molecule has 0 fully saturated rings. The summed E-state index contributed by atoms with van der Waals surface area (Å²) < 4.78 is 2.61. The number of nitrogens with one attached hydrogen (secondary N) is 2. The topological polar surface area (TPSA) is 131 Å². The number of aromatic nitrogens is 4. The van der Waals surface area contributed by atoms with Gasteiger partial charge < -0.3 is 15.7 Å². The predicted molar refractivity (Wildman–Crippen MR) is 108 cm³/mol. The molecule has 0 aliphatic rings. The zero-order valence-corrected chi connectivity index (χ0v) is 16.4. The van der Waals surface area contributed by atoms with E-state index in [-0.39, 0.29) is 23.6 Å². The molecule has 2 amide bonds. The molecule has 0 saturated heterocycles. The summed E-state index contributed by atoms with van der Waals surface area (Å²) in [6.07, 6.45) is 3.53. The standard InChI is InChI=1S/C20H22N6O4/c1-2-25-12-15(23-17(27)13-26-16(20(29)30)9-11-22-26)18(24-25)19(28)21-10-8-14-6-4-3-5-7-14/h3-7,9,11-12H,2,8,10,13H2,1H3,(H,21,28)(H,23,27)(H,29,30). The molecule has 0 unspecified atom stereocenters. The van der Waals surface area contributed by atoms with E-state index in [1.165, 1.54) is 16.9 Å². The summed E-state index contributed by atoms with van der Waals surface area (Å²) in [6.45, 7) is 2.49. The van der Waals surface area contributed by atoms with Gasteiger partial charge in [0.25, 0.3) is 5.91 Å². The van der Waals surface area contributed by atoms with Gasteiger partial charge in [0, 0.05) is 25.5 Å². The number of carboxylic acid groups (broad SMARTS) is 1. The van der Waals surface area contributed by atoms with E-state index in [4.69, 9.17) is 5.11 Å². The highest BCUT2D eigenvalue weighted by molar-refractivity contribution is 6.02. The smallest absolute Gasteiger partial charge is 0.354 e. The Bertz CT molecular complexity index is 1040. The van der Waals surface area contributed by atoms with Crippen LogP contribution in [0.5, 0.6) is 0 Å². The fourth-order valence-corrected chi connectivity index (χ4v) is 2.86. The molecule has 0 aliphatic carbocycles. The Kier molecular flexibility index (Phi) is 6.58. The van der Waals surface area contributed by atoms with Crippen LogP contribution in [0.25, 0.3) is 0 Å². The molecule has 1 aromatic carbocycles. The number of rotatable bonds is 9. The van der Waals surface area contributed by atoms with E-state index < -0.39 is 17.8 Å². The Morgan fingerprint density at radius 2 is 1.90 bits per heavy atom. The second kappa shape index (κ2) is 9.50. The molecule has 3 aromatic rings. The summed E-state index contributed by atoms with van der Waals surface area (Å²) in [4.78, 5) is 36.1. The summed E-state index contributed by atoms with van der Waals surface area (Å²) in [5.41, 5.74) is 1.34. The highest BCUT2D eigenvalue weighted by atomic mass is 16.4. The molecule has 10 heteroatoms. The van der Waals surface area contributed by atoms with Crippen LogP contribution >= 0.6 is 0 Å². The number of aromatic carboxylic acids is 1. The molecule has 0 saturated carbocycles. The first-order chi connectivity index (χ1) is 14.5. The number of carbonyl (C=O) groups excluding carboxylic acids is 2. The third-order valence-corrected chi connectivity index (χ3v) is 4.35. The number of hydrogen-bond donors (Lipinski definition) is 3. The van der Waals surface area contributed by atoms with Crippen molar-refractivity contribution < 1.29 is 19.5 Å². The average Bonchev–Trinajstić information content (AvgIpc) is 3.35. The van der Waals surface area contributed by atoms with Gasteiger partial charge >= 0.3 is 5.97 Å². The molecule has 0 radical (unpaired) electrons. The van der Waals surface area contributed by atoms with Crippen LogP contribution in [0, 0.1) is 0 Å². The van der Waals surface area contributed by atoms with Crippen LogP contribution in [-0.2, 0) is 24.3 Å². The van der Waals surface area contributed by atoms with Gasteiger partial charge in [-0.05, 0) is 25.0 Å². The van der Waals surface area contributed by atoms with Gasteiger partial charge in [0.1, 0.15) is 12.2 Å². The Morgan fingerprint density at radius 1 is 1.13 bits per heavy atom. The van der Waals surface area contributed by atoms with E-state index in [1.54, 1.807) is 6.20 Å². The maximum atomic E-state index is 12.6. The van der Waals surface area contributed by atoms with Crippen molar-refractivity contribution in [1.82, 2.24) is 24.9 Å². The highest BCUT2D eigenvalue weighted by Gasteiger charge is 2.19. The van der Waals surface area contributed by atoms with Crippen molar-refractivity contribution in [2.24, 2.45) is 0 Å². The molecule has 2 aromatic heterocycles. The quantitative estimate of drug-likeness (QED) is 0.489. The van der Waals surface area contributed by atoms with Gasteiger partial charge in [-0.25, -0.2) is 9.48 Å². The molecule has 2 heterocycles. The van der Waals surface area contributed by atoms with E-state index in [2.05, 4.69) is 20.8 Å². The Labute approximate surface area is 172 Å². The van der Waals surface area contributed by atoms with Gasteiger partial charge in [0.15, 0.2) is 5.69 Å². The third-order valence-electron chi connectivity index (χ3n) is 4.35. The van der Waals surface area contributed by atoms with Gasteiger partial charge in [0.2, 0.25) is 5.91 Å². The average molecular weight is 410 g/mol. The fraction of sp³-hybridized carbons (Fsp3) is 0.250. The first kappa shape index (κ1) is 20.8. The van der Waals surface area contributed by atoms with Crippen LogP contribution in [-0.4, -0.2) is 49.0 Å². The SMILES string of the molecule is CCn1cc(NC(=O)Cn2nccc2C(=O)O)c(C(=O)NCCc2ccccc2)n1. The van der Waals surface area contributed by atoms with Crippen molar-refractivity contribution in [3.63, 3.8) is 0 Å². The van der Waals surface area contributed by atoms with Crippen LogP contribution in [0.3, 0.4) is 0 Å². The predicted octanol–water partition coefficient (Wildman–Crippen LogP) is 1.41. The van der Waals surface area contributed by atoms with Crippen molar-refractivity contribution in [3.8, 4) is 0 Å². The van der Waals surface area contributed by atoms with Crippen molar-refractivity contribution >= 4 is 23.5 Å². The molecule has 30 heavy (non-hydrogen) atoms. The summed E-state index contributed by atoms with van der Waals surface area (Å²) in [6, 6.07) is 11.0. The molecule has 156 valence electrons. The van der Waals surface area contributed by atoms with Crippen LogP contribution in [0.2, 0.25) is 0 Å². The van der Waals surface area contributed by atoms with E-state index in [0.717, 1.165) is 10.2 Å². The Morgan fingerprint density at radius 3 is 2.60 bits per heavy atom. The van der Waals surface area contributed by atoms with Crippen LogP contribution < -0.4 is 10.6 Å². The number of amides is 2. The zero-order chi connectivity index (χ0) is 21.5. The highest BCUT2D eigenvalue weighted by Crippen LogP contribution is 2.14. The molecule has 10 nitrogen and oxygen atoms in total. The van der Waals surface area contributed by atoms with Crippen LogP contribution in [0.1, 0.15) is 33.5 Å². The minimum atomic E-state index is -1.18. The van der Waals surface area contributed by atoms with Gasteiger partial charge in [-0.1, -0.05) is 30.3 Å². The third kappa shape index (κ3) is 5.10. The normalized spacial score (nSPS) is 10.6. The molecular formula is C20H22N6O4. The van der Waals surface area contributed by atoms with Crippen molar-refractivity contribution in [2.75, 3.05) is 11.9 Å². The number of hydrogen-bond acceptors (Lipinski definition) is 5. The number of benzene rings is 1. The second-order valence-electron chi connectivity index (χ2n) is 6.47. The van der Waals surface area contributed by atoms with Crippen molar-refractivity contribution in [3.05, 3.63) is 65.7 Å². The number of carboxylic acids is 1. The van der Waals surface area contributed by atoms with Gasteiger partial charge in [-0.3, -0.25) is 14.3 Å². The lowest BCUT2D eigenvalue weighted by Gasteiger charge is -2.08. The fourth-order valence-electron chi connectivity index (χ4n) is 2.86. The molecule has 0 aliphatic heterocycles. The van der Waals surface area contributed by atoms with Crippen LogP contribution in [0.15, 0.2) is 48.8 Å². The molecule has 0 bridgehead atoms. The summed E-state index contributed by atoms with van der Waals surface area (Å²) in [5.74, 6) is -2.11. The maximum Gasteiger partial charge on any atom is 0.354 e. The lowest BCUT2D eigenvalue weighted by atomic mass is 10.1. The van der Waals surface area contributed by atoms with E-state index >= 15 is 0 Å². The van der Waals surface area contributed by atoms with Crippen LogP contribution in [0.4, 0.5) is 5.69 Å². The van der Waals surface area contributed by atoms with Gasteiger partial charge in [-0.2, -0.15) is 10.2 Å². The minimum absolute atomic E-state index is 0.0946. The number of aryl methyl sites for hydroxylation is 1. The summed E-state index contributed by atoms with van der Waals surface area (Å²) in [5, 5.41) is 22.6. The largest absolute Gasteiger partial charge is 0.477 e. The second-order valence-corrected chi connectivity index (χ2v) is 6.47. The maximum absolute atomic E-state index is 12.6. The first-order valence-electron chi connectivity index (χ1n) is 9.42. The first-order valence-corrected chi connectivity index (χ1v) is 9.42. The number of carbonyl (C=O) groups is 3. The molecule has 0 spiro atoms.